The lowest BCUT2D eigenvalue weighted by Crippen LogP contribution is -2.20. The molecule has 4 rings (SSSR count). The first kappa shape index (κ1) is 23.1. The molecule has 7 nitrogen and oxygen atoms in total. The van der Waals surface area contributed by atoms with E-state index in [1.807, 2.05) is 60.1 Å². The number of ether oxygens (including phenoxy) is 1. The second-order valence-corrected chi connectivity index (χ2v) is 8.92. The quantitative estimate of drug-likeness (QED) is 0.339. The third-order valence-electron chi connectivity index (χ3n) is 4.99. The molecule has 2 aromatic heterocycles. The molecule has 1 N–H and O–H groups in total. The normalized spacial score (nSPS) is 11.2. The minimum absolute atomic E-state index is 0.125. The Morgan fingerprint density at radius 3 is 2.61 bits per heavy atom. The molecule has 0 saturated heterocycles. The number of phenolic OH excluding ortho intramolecular Hbond substituents is 1. The van der Waals surface area contributed by atoms with Crippen LogP contribution in [0.1, 0.15) is 17.0 Å². The number of rotatable bonds is 9. The summed E-state index contributed by atoms with van der Waals surface area (Å²) in [4.78, 5) is 6.21. The number of hydrogen-bond acceptors (Lipinski definition) is 7. The van der Waals surface area contributed by atoms with Crippen LogP contribution in [0.3, 0.4) is 0 Å². The van der Waals surface area contributed by atoms with Crippen molar-refractivity contribution in [2.75, 3.05) is 14.2 Å². The highest BCUT2D eigenvalue weighted by molar-refractivity contribution is 7.98. The number of hydrogen-bond donors (Lipinski definition) is 1. The first-order valence-corrected chi connectivity index (χ1v) is 11.7. The highest BCUT2D eigenvalue weighted by Gasteiger charge is 2.17. The standard InChI is InChI=1S/C24H24ClN5O2S/c1-29(14-18-6-7-21(31)22(12-18)32-2)15-23-27-28-24(33-16-17-8-10-26-11-9-17)30(23)20-5-3-4-19(25)13-20/h3-13,31H,14-16H2,1-2H3. The Bertz CT molecular complexity index is 1220. The number of aromatic nitrogens is 4. The lowest BCUT2D eigenvalue weighted by Gasteiger charge is -2.18. The van der Waals surface area contributed by atoms with Crippen LogP contribution < -0.4 is 4.74 Å². The predicted molar refractivity (Wildman–Crippen MR) is 130 cm³/mol. The smallest absolute Gasteiger partial charge is 0.196 e. The van der Waals surface area contributed by atoms with E-state index >= 15 is 0 Å². The summed E-state index contributed by atoms with van der Waals surface area (Å²) in [5.74, 6) is 2.14. The van der Waals surface area contributed by atoms with Gasteiger partial charge in [0.2, 0.25) is 0 Å². The molecular weight excluding hydrogens is 458 g/mol. The van der Waals surface area contributed by atoms with Gasteiger partial charge in [0.1, 0.15) is 0 Å². The molecule has 170 valence electrons. The van der Waals surface area contributed by atoms with Gasteiger partial charge in [-0.1, -0.05) is 35.5 Å². The summed E-state index contributed by atoms with van der Waals surface area (Å²) < 4.78 is 7.27. The summed E-state index contributed by atoms with van der Waals surface area (Å²) in [6, 6.07) is 17.0. The predicted octanol–water partition coefficient (Wildman–Crippen LogP) is 4.95. The minimum Gasteiger partial charge on any atom is -0.504 e. The first-order valence-electron chi connectivity index (χ1n) is 10.3. The van der Waals surface area contributed by atoms with Crippen molar-refractivity contribution in [2.45, 2.75) is 24.0 Å². The fourth-order valence-corrected chi connectivity index (χ4v) is 4.54. The molecule has 0 aliphatic heterocycles. The van der Waals surface area contributed by atoms with Gasteiger partial charge in [-0.3, -0.25) is 14.5 Å². The SMILES string of the molecule is COc1cc(CN(C)Cc2nnc(SCc3ccncc3)n2-c2cccc(Cl)c2)ccc1O. The Balaban J connectivity index is 1.57. The van der Waals surface area contributed by atoms with Gasteiger partial charge in [0, 0.05) is 29.7 Å². The van der Waals surface area contributed by atoms with Gasteiger partial charge in [0.25, 0.3) is 0 Å². The van der Waals surface area contributed by atoms with Crippen LogP contribution in [0.15, 0.2) is 72.1 Å². The number of pyridine rings is 1. The van der Waals surface area contributed by atoms with Gasteiger partial charge in [-0.15, -0.1) is 10.2 Å². The first-order chi connectivity index (χ1) is 16.0. The Morgan fingerprint density at radius 2 is 1.85 bits per heavy atom. The molecule has 0 radical (unpaired) electrons. The molecule has 0 aliphatic carbocycles. The molecule has 0 amide bonds. The molecule has 0 fully saturated rings. The van der Waals surface area contributed by atoms with Crippen molar-refractivity contribution in [2.24, 2.45) is 0 Å². The van der Waals surface area contributed by atoms with E-state index in [0.29, 0.717) is 23.9 Å². The van der Waals surface area contributed by atoms with Crippen molar-refractivity contribution in [1.82, 2.24) is 24.6 Å². The summed E-state index contributed by atoms with van der Waals surface area (Å²) >= 11 is 7.90. The van der Waals surface area contributed by atoms with Crippen molar-refractivity contribution in [3.05, 3.63) is 89.0 Å². The van der Waals surface area contributed by atoms with Gasteiger partial charge in [-0.25, -0.2) is 0 Å². The second kappa shape index (κ2) is 10.7. The summed E-state index contributed by atoms with van der Waals surface area (Å²) in [7, 11) is 3.56. The molecule has 0 atom stereocenters. The van der Waals surface area contributed by atoms with Crippen LogP contribution >= 0.6 is 23.4 Å². The number of halogens is 1. The minimum atomic E-state index is 0.125. The number of methoxy groups -OCH3 is 1. The molecule has 2 heterocycles. The number of aromatic hydroxyl groups is 1. The summed E-state index contributed by atoms with van der Waals surface area (Å²) in [5.41, 5.74) is 3.10. The summed E-state index contributed by atoms with van der Waals surface area (Å²) in [6.07, 6.45) is 3.58. The summed E-state index contributed by atoms with van der Waals surface area (Å²) in [6.45, 7) is 1.22. The molecule has 0 aliphatic rings. The Morgan fingerprint density at radius 1 is 1.03 bits per heavy atom. The van der Waals surface area contributed by atoms with E-state index < -0.39 is 0 Å². The highest BCUT2D eigenvalue weighted by atomic mass is 35.5. The molecular formula is C24H24ClN5O2S. The van der Waals surface area contributed by atoms with Crippen molar-refractivity contribution >= 4 is 23.4 Å². The monoisotopic (exact) mass is 481 g/mol. The molecule has 0 unspecified atom stereocenters. The topological polar surface area (TPSA) is 76.3 Å². The summed E-state index contributed by atoms with van der Waals surface area (Å²) in [5, 5.41) is 20.3. The van der Waals surface area contributed by atoms with Crippen molar-refractivity contribution in [3.8, 4) is 17.2 Å². The second-order valence-electron chi connectivity index (χ2n) is 7.54. The van der Waals surface area contributed by atoms with E-state index in [9.17, 15) is 5.11 Å². The Kier molecular flexibility index (Phi) is 7.49. The Labute approximate surface area is 202 Å². The molecule has 9 heteroatoms. The molecule has 0 spiro atoms. The molecule has 0 saturated carbocycles. The van der Waals surface area contributed by atoms with Gasteiger partial charge < -0.3 is 9.84 Å². The third kappa shape index (κ3) is 5.84. The van der Waals surface area contributed by atoms with Crippen LogP contribution in [-0.2, 0) is 18.8 Å². The van der Waals surface area contributed by atoms with Crippen molar-refractivity contribution in [1.29, 1.82) is 0 Å². The zero-order chi connectivity index (χ0) is 23.2. The maximum atomic E-state index is 9.85. The van der Waals surface area contributed by atoms with Crippen LogP contribution in [0.2, 0.25) is 5.02 Å². The number of thioether (sulfide) groups is 1. The van der Waals surface area contributed by atoms with E-state index in [1.165, 1.54) is 0 Å². The van der Waals surface area contributed by atoms with Gasteiger partial charge in [0.15, 0.2) is 22.5 Å². The average molecular weight is 482 g/mol. The van der Waals surface area contributed by atoms with Crippen LogP contribution in [-0.4, -0.2) is 43.9 Å². The fraction of sp³-hybridized carbons (Fsp3) is 0.208. The Hall–Kier alpha value is -3.07. The van der Waals surface area contributed by atoms with Crippen molar-refractivity contribution < 1.29 is 9.84 Å². The lowest BCUT2D eigenvalue weighted by molar-refractivity contribution is 0.306. The number of benzene rings is 2. The zero-order valence-corrected chi connectivity index (χ0v) is 19.9. The van der Waals surface area contributed by atoms with E-state index in [1.54, 1.807) is 37.3 Å². The van der Waals surface area contributed by atoms with Crippen LogP contribution in [0.5, 0.6) is 11.5 Å². The van der Waals surface area contributed by atoms with E-state index in [0.717, 1.165) is 33.5 Å². The van der Waals surface area contributed by atoms with Gasteiger partial charge in [0.05, 0.1) is 19.3 Å². The van der Waals surface area contributed by atoms with Crippen LogP contribution in [0.25, 0.3) is 5.69 Å². The van der Waals surface area contributed by atoms with Crippen LogP contribution in [0, 0.1) is 0 Å². The maximum absolute atomic E-state index is 9.85. The lowest BCUT2D eigenvalue weighted by atomic mass is 10.2. The molecule has 0 bridgehead atoms. The molecule has 2 aromatic carbocycles. The number of phenols is 1. The van der Waals surface area contributed by atoms with E-state index in [4.69, 9.17) is 16.3 Å². The van der Waals surface area contributed by atoms with Gasteiger partial charge >= 0.3 is 0 Å². The fourth-order valence-electron chi connectivity index (χ4n) is 3.43. The molecule has 4 aromatic rings. The average Bonchev–Trinajstić information content (AvgIpc) is 3.21. The number of nitrogens with zero attached hydrogens (tertiary/aromatic N) is 5. The van der Waals surface area contributed by atoms with Gasteiger partial charge in [-0.2, -0.15) is 0 Å². The van der Waals surface area contributed by atoms with Crippen molar-refractivity contribution in [3.63, 3.8) is 0 Å². The highest BCUT2D eigenvalue weighted by Crippen LogP contribution is 2.28. The van der Waals surface area contributed by atoms with Gasteiger partial charge in [-0.05, 0) is 60.6 Å². The largest absolute Gasteiger partial charge is 0.504 e. The zero-order valence-electron chi connectivity index (χ0n) is 18.3. The van der Waals surface area contributed by atoms with E-state index in [-0.39, 0.29) is 5.75 Å². The maximum Gasteiger partial charge on any atom is 0.196 e. The third-order valence-corrected chi connectivity index (χ3v) is 6.23. The van der Waals surface area contributed by atoms with E-state index in [2.05, 4.69) is 20.1 Å². The molecule has 33 heavy (non-hydrogen) atoms. The van der Waals surface area contributed by atoms with Crippen LogP contribution in [0.4, 0.5) is 0 Å².